The van der Waals surface area contributed by atoms with E-state index >= 15 is 0 Å². The van der Waals surface area contributed by atoms with E-state index in [1.165, 1.54) is 11.3 Å². The lowest BCUT2D eigenvalue weighted by Gasteiger charge is -2.15. The third-order valence-electron chi connectivity index (χ3n) is 3.45. The molecule has 0 fully saturated rings. The maximum absolute atomic E-state index is 12.1. The van der Waals surface area contributed by atoms with E-state index in [0.29, 0.717) is 15.9 Å². The molecule has 0 bridgehead atoms. The summed E-state index contributed by atoms with van der Waals surface area (Å²) in [6.45, 7) is 8.03. The lowest BCUT2D eigenvalue weighted by atomic mass is 10.0. The molecule has 130 valence electrons. The fourth-order valence-electron chi connectivity index (χ4n) is 2.16. The van der Waals surface area contributed by atoms with E-state index < -0.39 is 0 Å². The number of carbonyl (C=O) groups excluding carboxylic acids is 1. The van der Waals surface area contributed by atoms with Gasteiger partial charge in [0.25, 0.3) is 5.91 Å². The Hall–Kier alpha value is -1.66. The van der Waals surface area contributed by atoms with Crippen LogP contribution in [0.15, 0.2) is 12.1 Å². The molecule has 0 unspecified atom stereocenters. The Morgan fingerprint density at radius 3 is 2.79 bits per heavy atom. The van der Waals surface area contributed by atoms with Crippen molar-refractivity contribution in [2.75, 3.05) is 11.9 Å². The van der Waals surface area contributed by atoms with Crippen molar-refractivity contribution in [2.24, 2.45) is 0 Å². The first-order chi connectivity index (χ1) is 11.4. The summed E-state index contributed by atoms with van der Waals surface area (Å²) < 4.78 is 5.71. The van der Waals surface area contributed by atoms with E-state index in [1.807, 2.05) is 19.1 Å². The number of benzene rings is 1. The van der Waals surface area contributed by atoms with Gasteiger partial charge in [-0.05, 0) is 42.5 Å². The molecule has 7 heteroatoms. The molecule has 1 N–H and O–H groups in total. The summed E-state index contributed by atoms with van der Waals surface area (Å²) in [6, 6.07) is 3.77. The van der Waals surface area contributed by atoms with E-state index in [4.69, 9.17) is 16.3 Å². The fourth-order valence-corrected chi connectivity index (χ4v) is 3.19. The zero-order valence-electron chi connectivity index (χ0n) is 14.4. The van der Waals surface area contributed by atoms with E-state index in [1.54, 1.807) is 0 Å². The quantitative estimate of drug-likeness (QED) is 0.777. The molecular weight excluding hydrogens is 346 g/mol. The molecule has 0 aliphatic rings. The van der Waals surface area contributed by atoms with Gasteiger partial charge >= 0.3 is 0 Å². The van der Waals surface area contributed by atoms with Crippen molar-refractivity contribution in [1.82, 2.24) is 10.2 Å². The molecule has 5 nitrogen and oxygen atoms in total. The largest absolute Gasteiger partial charge is 0.483 e. The minimum Gasteiger partial charge on any atom is -0.483 e. The molecule has 1 aromatic carbocycles. The van der Waals surface area contributed by atoms with Crippen LogP contribution >= 0.6 is 22.9 Å². The van der Waals surface area contributed by atoms with Crippen molar-refractivity contribution in [3.05, 3.63) is 33.3 Å². The SMILES string of the molecule is CCCc1nnc(NC(=O)COc2cc(C)c(Cl)cc2C(C)C)s1. The van der Waals surface area contributed by atoms with Gasteiger partial charge in [0, 0.05) is 11.4 Å². The number of hydrogen-bond acceptors (Lipinski definition) is 5. The van der Waals surface area contributed by atoms with Gasteiger partial charge in [0.05, 0.1) is 0 Å². The Morgan fingerprint density at radius 1 is 1.38 bits per heavy atom. The van der Waals surface area contributed by atoms with Gasteiger partial charge < -0.3 is 4.74 Å². The standard InChI is InChI=1S/C17H22ClN3O2S/c1-5-6-16-20-21-17(24-16)19-15(22)9-23-14-7-11(4)13(18)8-12(14)10(2)3/h7-8,10H,5-6,9H2,1-4H3,(H,19,21,22). The molecule has 1 heterocycles. The minimum absolute atomic E-state index is 0.0799. The predicted octanol–water partition coefficient (Wildman–Crippen LogP) is 4.59. The monoisotopic (exact) mass is 367 g/mol. The molecule has 24 heavy (non-hydrogen) atoms. The van der Waals surface area contributed by atoms with Gasteiger partial charge in [-0.15, -0.1) is 10.2 Å². The van der Waals surface area contributed by atoms with E-state index in [2.05, 4.69) is 36.3 Å². The second-order valence-electron chi connectivity index (χ2n) is 5.88. The van der Waals surface area contributed by atoms with Crippen LogP contribution in [0.1, 0.15) is 49.2 Å². The molecule has 0 aliphatic carbocycles. The maximum Gasteiger partial charge on any atom is 0.264 e. The van der Waals surface area contributed by atoms with E-state index in [-0.39, 0.29) is 18.4 Å². The summed E-state index contributed by atoms with van der Waals surface area (Å²) in [5.74, 6) is 0.684. The first-order valence-electron chi connectivity index (χ1n) is 7.95. The number of aryl methyl sites for hydroxylation is 2. The molecule has 0 spiro atoms. The van der Waals surface area contributed by atoms with Crippen LogP contribution in [0.5, 0.6) is 5.75 Å². The average molecular weight is 368 g/mol. The first-order valence-corrected chi connectivity index (χ1v) is 9.15. The van der Waals surface area contributed by atoms with E-state index in [0.717, 1.165) is 29.0 Å². The summed E-state index contributed by atoms with van der Waals surface area (Å²) >= 11 is 7.57. The Bertz CT molecular complexity index is 716. The highest BCUT2D eigenvalue weighted by molar-refractivity contribution is 7.15. The lowest BCUT2D eigenvalue weighted by Crippen LogP contribution is -2.20. The number of halogens is 1. The van der Waals surface area contributed by atoms with Crippen LogP contribution < -0.4 is 10.1 Å². The van der Waals surface area contributed by atoms with Crippen LogP contribution in [0, 0.1) is 6.92 Å². The van der Waals surface area contributed by atoms with Gasteiger partial charge in [-0.1, -0.05) is 43.7 Å². The smallest absolute Gasteiger partial charge is 0.264 e. The molecule has 0 saturated heterocycles. The lowest BCUT2D eigenvalue weighted by molar-refractivity contribution is -0.118. The normalized spacial score (nSPS) is 10.9. The molecular formula is C17H22ClN3O2S. The third-order valence-corrected chi connectivity index (χ3v) is 4.75. The van der Waals surface area contributed by atoms with Gasteiger partial charge in [-0.3, -0.25) is 10.1 Å². The molecule has 0 atom stereocenters. The Morgan fingerprint density at radius 2 is 2.12 bits per heavy atom. The number of nitrogens with zero attached hydrogens (tertiary/aromatic N) is 2. The molecule has 0 aliphatic heterocycles. The zero-order valence-corrected chi connectivity index (χ0v) is 15.9. The number of carbonyl (C=O) groups is 1. The highest BCUT2D eigenvalue weighted by atomic mass is 35.5. The van der Waals surface area contributed by atoms with E-state index in [9.17, 15) is 4.79 Å². The summed E-state index contributed by atoms with van der Waals surface area (Å²) in [5, 5.41) is 12.8. The second-order valence-corrected chi connectivity index (χ2v) is 7.35. The zero-order chi connectivity index (χ0) is 17.7. The predicted molar refractivity (Wildman–Crippen MR) is 98.3 cm³/mol. The van der Waals surface area contributed by atoms with Crippen LogP contribution in [0.2, 0.25) is 5.02 Å². The molecule has 0 radical (unpaired) electrons. The van der Waals surface area contributed by atoms with Crippen molar-refractivity contribution in [3.8, 4) is 5.75 Å². The number of amides is 1. The summed E-state index contributed by atoms with van der Waals surface area (Å²) in [7, 11) is 0. The van der Waals surface area contributed by atoms with Crippen molar-refractivity contribution in [3.63, 3.8) is 0 Å². The highest BCUT2D eigenvalue weighted by Crippen LogP contribution is 2.32. The van der Waals surface area contributed by atoms with Crippen LogP contribution in [-0.2, 0) is 11.2 Å². The molecule has 2 rings (SSSR count). The number of nitrogens with one attached hydrogen (secondary N) is 1. The number of aromatic nitrogens is 2. The summed E-state index contributed by atoms with van der Waals surface area (Å²) in [5.41, 5.74) is 1.91. The van der Waals surface area contributed by atoms with Crippen LogP contribution in [0.25, 0.3) is 0 Å². The Labute approximate surface area is 151 Å². The number of hydrogen-bond donors (Lipinski definition) is 1. The maximum atomic E-state index is 12.1. The molecule has 1 amide bonds. The average Bonchev–Trinajstić information content (AvgIpc) is 2.95. The van der Waals surface area contributed by atoms with Gasteiger partial charge in [0.1, 0.15) is 10.8 Å². The number of anilines is 1. The van der Waals surface area contributed by atoms with Crippen molar-refractivity contribution in [2.45, 2.75) is 46.5 Å². The van der Waals surface area contributed by atoms with Crippen molar-refractivity contribution < 1.29 is 9.53 Å². The van der Waals surface area contributed by atoms with Gasteiger partial charge in [0.15, 0.2) is 6.61 Å². The van der Waals surface area contributed by atoms with Crippen molar-refractivity contribution >= 4 is 34.0 Å². The van der Waals surface area contributed by atoms with Crippen LogP contribution in [0.3, 0.4) is 0 Å². The number of rotatable bonds is 7. The van der Waals surface area contributed by atoms with Crippen LogP contribution in [-0.4, -0.2) is 22.7 Å². The van der Waals surface area contributed by atoms with Crippen molar-refractivity contribution in [1.29, 1.82) is 0 Å². The topological polar surface area (TPSA) is 64.1 Å². The Kier molecular flexibility index (Phi) is 6.57. The molecule has 0 saturated carbocycles. The fraction of sp³-hybridized carbons (Fsp3) is 0.471. The van der Waals surface area contributed by atoms with Gasteiger partial charge in [-0.25, -0.2) is 0 Å². The Balaban J connectivity index is 1.99. The minimum atomic E-state index is -0.253. The summed E-state index contributed by atoms with van der Waals surface area (Å²) in [4.78, 5) is 12.1. The molecule has 2 aromatic rings. The van der Waals surface area contributed by atoms with Gasteiger partial charge in [0.2, 0.25) is 5.13 Å². The highest BCUT2D eigenvalue weighted by Gasteiger charge is 2.14. The summed E-state index contributed by atoms with van der Waals surface area (Å²) in [6.07, 6.45) is 1.87. The molecule has 1 aromatic heterocycles. The third kappa shape index (κ3) is 4.92. The first kappa shape index (κ1) is 18.7. The second kappa shape index (κ2) is 8.44. The van der Waals surface area contributed by atoms with Crippen LogP contribution in [0.4, 0.5) is 5.13 Å². The number of ether oxygens (including phenoxy) is 1. The van der Waals surface area contributed by atoms with Gasteiger partial charge in [-0.2, -0.15) is 0 Å².